The van der Waals surface area contributed by atoms with Gasteiger partial charge >= 0.3 is 0 Å². The van der Waals surface area contributed by atoms with Crippen molar-refractivity contribution in [2.75, 3.05) is 26.4 Å². The number of aromatic amines is 2. The highest BCUT2D eigenvalue weighted by Gasteiger charge is 2.56. The van der Waals surface area contributed by atoms with Crippen molar-refractivity contribution in [1.82, 2.24) is 29.7 Å². The van der Waals surface area contributed by atoms with Gasteiger partial charge in [0, 0.05) is 51.4 Å². The molecule has 2 saturated carbocycles. The highest BCUT2D eigenvalue weighted by molar-refractivity contribution is 5.79. The standard InChI is InChI=1S/C44H50N6O4/c51-41(19-29-11-15-53-16-12-29)49-37-21-33(37)23-39(49)43-45-25-35(47-43)31-7-3-27(4-8-31)1-2-28-5-9-32(10-6-28)36-26-46-44(48-36)40-24-34-22-38(34)50(40)42(52)20-30-13-17-54-18-14-30/h1-10,25-26,29-30,33-34,37-40H,11-24H2,(H,45,47)(H,46,48)/b2-1+/t33-,34?,37-,38?,39+,40?/m1/s1. The third-order valence-electron chi connectivity index (χ3n) is 13.1. The Morgan fingerprint density at radius 2 is 1.02 bits per heavy atom. The summed E-state index contributed by atoms with van der Waals surface area (Å²) < 4.78 is 11.0. The van der Waals surface area contributed by atoms with Crippen LogP contribution in [0.5, 0.6) is 0 Å². The summed E-state index contributed by atoms with van der Waals surface area (Å²) in [4.78, 5) is 47.9. The highest BCUT2D eigenvalue weighted by atomic mass is 16.5. The number of H-pyrrole nitrogens is 2. The molecule has 54 heavy (non-hydrogen) atoms. The molecular formula is C44H50N6O4. The van der Waals surface area contributed by atoms with Crippen LogP contribution in [0.25, 0.3) is 34.7 Å². The second kappa shape index (κ2) is 14.3. The molecule has 2 aromatic carbocycles. The van der Waals surface area contributed by atoms with Gasteiger partial charge in [-0.15, -0.1) is 0 Å². The zero-order chi connectivity index (χ0) is 36.2. The Hall–Kier alpha value is -4.54. The SMILES string of the molecule is O=C(CC1CCOCC1)N1C(c2ncc(-c3ccc(/C=C/c4ccc(-c5cnc([C@@H]6C[C@H]7C[C@H]7N6C(=O)CC6CCOCC6)[nH]5)cc4)cc3)[nH]2)CC2CC21. The molecule has 0 bridgehead atoms. The van der Waals surface area contributed by atoms with Crippen LogP contribution in [0.3, 0.4) is 0 Å². The molecule has 3 unspecified atom stereocenters. The van der Waals surface area contributed by atoms with Crippen LogP contribution in [0.15, 0.2) is 60.9 Å². The fourth-order valence-corrected chi connectivity index (χ4v) is 9.77. The number of imidazole rings is 2. The van der Waals surface area contributed by atoms with Crippen LogP contribution in [0, 0.1) is 23.7 Å². The van der Waals surface area contributed by atoms with Crippen molar-refractivity contribution in [2.24, 2.45) is 23.7 Å². The number of piperidine rings is 2. The van der Waals surface area contributed by atoms with Gasteiger partial charge in [0.2, 0.25) is 11.8 Å². The molecule has 4 aromatic rings. The van der Waals surface area contributed by atoms with E-state index in [-0.39, 0.29) is 23.9 Å². The van der Waals surface area contributed by atoms with E-state index in [2.05, 4.69) is 80.5 Å². The summed E-state index contributed by atoms with van der Waals surface area (Å²) in [5.41, 5.74) is 6.36. The number of hydrogen-bond acceptors (Lipinski definition) is 6. The largest absolute Gasteiger partial charge is 0.381 e. The zero-order valence-corrected chi connectivity index (χ0v) is 30.9. The van der Waals surface area contributed by atoms with Gasteiger partial charge in [-0.1, -0.05) is 60.7 Å². The highest BCUT2D eigenvalue weighted by Crippen LogP contribution is 2.54. The van der Waals surface area contributed by atoms with Gasteiger partial charge in [-0.05, 0) is 97.3 Å². The fourth-order valence-electron chi connectivity index (χ4n) is 9.77. The van der Waals surface area contributed by atoms with Gasteiger partial charge < -0.3 is 29.2 Å². The number of nitrogens with one attached hydrogen (secondary N) is 2. The van der Waals surface area contributed by atoms with Crippen molar-refractivity contribution >= 4 is 24.0 Å². The van der Waals surface area contributed by atoms with Crippen LogP contribution in [-0.2, 0) is 19.1 Å². The van der Waals surface area contributed by atoms with E-state index in [9.17, 15) is 9.59 Å². The lowest BCUT2D eigenvalue weighted by molar-refractivity contribution is -0.136. The van der Waals surface area contributed by atoms with Crippen molar-refractivity contribution in [3.8, 4) is 22.5 Å². The van der Waals surface area contributed by atoms with E-state index in [1.807, 2.05) is 12.4 Å². The third kappa shape index (κ3) is 6.83. The molecule has 6 atom stereocenters. The fraction of sp³-hybridized carbons (Fsp3) is 0.500. The van der Waals surface area contributed by atoms with E-state index in [0.29, 0.717) is 48.6 Å². The molecule has 2 aliphatic carbocycles. The molecule has 0 spiro atoms. The van der Waals surface area contributed by atoms with Gasteiger partial charge in [-0.2, -0.15) is 0 Å². The maximum atomic E-state index is 13.4. The Morgan fingerprint density at radius 1 is 0.611 bits per heavy atom. The molecule has 0 radical (unpaired) electrons. The van der Waals surface area contributed by atoms with E-state index in [4.69, 9.17) is 19.4 Å². The summed E-state index contributed by atoms with van der Waals surface area (Å²) in [5.74, 6) is 4.49. The van der Waals surface area contributed by atoms with E-state index < -0.39 is 0 Å². The van der Waals surface area contributed by atoms with Crippen molar-refractivity contribution in [2.45, 2.75) is 88.4 Å². The van der Waals surface area contributed by atoms with Crippen LogP contribution in [0.4, 0.5) is 0 Å². The topological polar surface area (TPSA) is 116 Å². The molecule has 6 aliphatic rings. The summed E-state index contributed by atoms with van der Waals surface area (Å²) in [6, 6.07) is 17.9. The number of nitrogens with zero attached hydrogens (tertiary/aromatic N) is 4. The van der Waals surface area contributed by atoms with Crippen LogP contribution in [-0.4, -0.2) is 80.1 Å². The van der Waals surface area contributed by atoms with Crippen LogP contribution in [0.2, 0.25) is 0 Å². The number of amides is 2. The van der Waals surface area contributed by atoms with Crippen LogP contribution in [0.1, 0.15) is 99.1 Å². The Bertz CT molecular complexity index is 1860. The lowest BCUT2D eigenvalue weighted by Gasteiger charge is -2.29. The zero-order valence-electron chi connectivity index (χ0n) is 30.9. The smallest absolute Gasteiger partial charge is 0.223 e. The van der Waals surface area contributed by atoms with Gasteiger partial charge in [-0.25, -0.2) is 9.97 Å². The van der Waals surface area contributed by atoms with E-state index in [1.165, 1.54) is 0 Å². The molecule has 10 rings (SSSR count). The first kappa shape index (κ1) is 34.0. The molecule has 10 heteroatoms. The molecule has 4 saturated heterocycles. The molecule has 6 heterocycles. The Balaban J connectivity index is 0.756. The van der Waals surface area contributed by atoms with Crippen molar-refractivity contribution < 1.29 is 19.1 Å². The summed E-state index contributed by atoms with van der Waals surface area (Å²) in [6.07, 6.45) is 17.6. The summed E-state index contributed by atoms with van der Waals surface area (Å²) in [7, 11) is 0. The number of ether oxygens (including phenoxy) is 2. The van der Waals surface area contributed by atoms with Gasteiger partial charge in [-0.3, -0.25) is 9.59 Å². The lowest BCUT2D eigenvalue weighted by atomic mass is 9.95. The van der Waals surface area contributed by atoms with E-state index >= 15 is 0 Å². The van der Waals surface area contributed by atoms with Gasteiger partial charge in [0.05, 0.1) is 35.9 Å². The first-order chi connectivity index (χ1) is 26.5. The number of aromatic nitrogens is 4. The Kier molecular flexibility index (Phi) is 8.98. The van der Waals surface area contributed by atoms with Crippen molar-refractivity contribution in [3.05, 3.63) is 83.7 Å². The normalized spacial score (nSPS) is 28.1. The third-order valence-corrected chi connectivity index (χ3v) is 13.1. The second-order valence-corrected chi connectivity index (χ2v) is 16.7. The summed E-state index contributed by atoms with van der Waals surface area (Å²) in [5, 5.41) is 0. The second-order valence-electron chi connectivity index (χ2n) is 16.7. The molecule has 6 fully saturated rings. The number of carbonyl (C=O) groups is 2. The first-order valence-electron chi connectivity index (χ1n) is 20.3. The van der Waals surface area contributed by atoms with Gasteiger partial charge in [0.25, 0.3) is 0 Å². The summed E-state index contributed by atoms with van der Waals surface area (Å²) in [6.45, 7) is 3.09. The first-order valence-corrected chi connectivity index (χ1v) is 20.3. The van der Waals surface area contributed by atoms with E-state index in [1.54, 1.807) is 0 Å². The maximum absolute atomic E-state index is 13.4. The number of benzene rings is 2. The van der Waals surface area contributed by atoms with Crippen molar-refractivity contribution in [3.63, 3.8) is 0 Å². The Morgan fingerprint density at radius 3 is 1.43 bits per heavy atom. The number of carbonyl (C=O) groups excluding carboxylic acids is 2. The van der Waals surface area contributed by atoms with Gasteiger partial charge in [0.1, 0.15) is 11.6 Å². The molecule has 280 valence electrons. The van der Waals surface area contributed by atoms with Crippen molar-refractivity contribution in [1.29, 1.82) is 0 Å². The molecule has 2 amide bonds. The monoisotopic (exact) mass is 726 g/mol. The quantitative estimate of drug-likeness (QED) is 0.163. The minimum Gasteiger partial charge on any atom is -0.381 e. The van der Waals surface area contributed by atoms with Crippen LogP contribution < -0.4 is 0 Å². The molecule has 10 nitrogen and oxygen atoms in total. The number of rotatable bonds is 10. The molecule has 2 N–H and O–H groups in total. The van der Waals surface area contributed by atoms with Gasteiger partial charge in [0.15, 0.2) is 0 Å². The minimum atomic E-state index is 0.0461. The number of likely N-dealkylation sites (tertiary alicyclic amines) is 2. The molecule has 4 aliphatic heterocycles. The Labute approximate surface area is 316 Å². The summed E-state index contributed by atoms with van der Waals surface area (Å²) >= 11 is 0. The number of hydrogen-bond donors (Lipinski definition) is 2. The maximum Gasteiger partial charge on any atom is 0.223 e. The average Bonchev–Trinajstić information content (AvgIpc) is 3.79. The minimum absolute atomic E-state index is 0.0461. The van der Waals surface area contributed by atoms with E-state index in [0.717, 1.165) is 123 Å². The predicted molar refractivity (Wildman–Crippen MR) is 205 cm³/mol. The molecule has 2 aromatic heterocycles. The van der Waals surface area contributed by atoms with Crippen LogP contribution >= 0.6 is 0 Å². The molecular weight excluding hydrogens is 677 g/mol. The average molecular weight is 727 g/mol. The predicted octanol–water partition coefficient (Wildman–Crippen LogP) is 7.59. The lowest BCUT2D eigenvalue weighted by Crippen LogP contribution is -2.36. The number of fused-ring (bicyclic) bond motifs is 2.